The number of hydrogen-bond acceptors (Lipinski definition) is 6. The number of amides is 3. The number of aliphatic carboxylic acids is 1. The van der Waals surface area contributed by atoms with E-state index in [0.29, 0.717) is 45.1 Å². The molecule has 0 bridgehead atoms. The Morgan fingerprint density at radius 3 is 2.14 bits per heavy atom. The minimum atomic E-state index is -0.774. The normalized spacial score (nSPS) is 16.7. The largest absolute Gasteiger partial charge is 0.488 e. The maximum Gasteiger partial charge on any atom is 0.463 e. The second-order valence-electron chi connectivity index (χ2n) is 15.7. The molecule has 6 rings (SSSR count). The molecule has 4 aromatic carbocycles. The highest BCUT2D eigenvalue weighted by Crippen LogP contribution is 2.44. The van der Waals surface area contributed by atoms with E-state index in [0.717, 1.165) is 50.6 Å². The van der Waals surface area contributed by atoms with Gasteiger partial charge in [-0.25, -0.2) is 9.59 Å². The van der Waals surface area contributed by atoms with Crippen LogP contribution in [-0.4, -0.2) is 70.8 Å². The Hall–Kier alpha value is -5.71. The zero-order valence-electron chi connectivity index (χ0n) is 32.5. The maximum atomic E-state index is 14.1. The number of aldehydes is 1. The molecule has 3 N–H and O–H groups in total. The van der Waals surface area contributed by atoms with Crippen molar-refractivity contribution >= 4 is 41.4 Å². The number of carbonyl (C=O) groups excluding carboxylic acids is 3. The molecular weight excluding hydrogens is 709 g/mol. The van der Waals surface area contributed by atoms with Gasteiger partial charge in [0.2, 0.25) is 6.21 Å². The summed E-state index contributed by atoms with van der Waals surface area (Å²) >= 11 is 0. The van der Waals surface area contributed by atoms with Crippen LogP contribution in [0.15, 0.2) is 84.9 Å². The van der Waals surface area contributed by atoms with Crippen LogP contribution in [0.2, 0.25) is 0 Å². The van der Waals surface area contributed by atoms with Crippen LogP contribution in [0, 0.1) is 11.8 Å². The number of ether oxygens (including phenoxy) is 2. The number of unbranched alkanes of at least 4 members (excludes halogenated alkanes) is 1. The molecule has 0 atom stereocenters. The monoisotopic (exact) mass is 761 g/mol. The van der Waals surface area contributed by atoms with E-state index in [1.165, 1.54) is 9.80 Å². The zero-order chi connectivity index (χ0) is 39.7. The molecule has 11 nitrogen and oxygen atoms in total. The number of hydrazine groups is 2. The van der Waals surface area contributed by atoms with Crippen molar-refractivity contribution in [3.8, 4) is 16.9 Å². The van der Waals surface area contributed by atoms with E-state index >= 15 is 0 Å². The van der Waals surface area contributed by atoms with E-state index in [2.05, 4.69) is 47.1 Å². The topological polar surface area (TPSA) is 137 Å². The summed E-state index contributed by atoms with van der Waals surface area (Å²) in [5.41, 5.74) is 7.91. The summed E-state index contributed by atoms with van der Waals surface area (Å²) in [6.07, 6.45) is 5.86. The van der Waals surface area contributed by atoms with E-state index in [4.69, 9.17) is 9.47 Å². The fourth-order valence-electron chi connectivity index (χ4n) is 7.83. The van der Waals surface area contributed by atoms with Gasteiger partial charge in [0.05, 0.1) is 12.5 Å². The number of benzene rings is 4. The highest BCUT2D eigenvalue weighted by molar-refractivity contribution is 5.91. The Morgan fingerprint density at radius 1 is 0.857 bits per heavy atom. The van der Waals surface area contributed by atoms with Crippen molar-refractivity contribution in [2.24, 2.45) is 11.8 Å². The first-order valence-electron chi connectivity index (χ1n) is 19.7. The Bertz CT molecular complexity index is 2020. The summed E-state index contributed by atoms with van der Waals surface area (Å²) in [6, 6.07) is 27.9. The van der Waals surface area contributed by atoms with Crippen LogP contribution in [0.25, 0.3) is 21.9 Å². The van der Waals surface area contributed by atoms with Gasteiger partial charge in [-0.05, 0) is 104 Å². The molecule has 3 amide bonds. The minimum absolute atomic E-state index is 0.0925. The molecule has 0 spiro atoms. The van der Waals surface area contributed by atoms with Crippen LogP contribution >= 0.6 is 0 Å². The number of nitrogens with one attached hydrogen (secondary N) is 2. The number of nitrogens with zero attached hydrogens (tertiary/aromatic N) is 2. The van der Waals surface area contributed by atoms with Crippen molar-refractivity contribution < 1.29 is 38.6 Å². The number of urea groups is 1. The number of aryl methyl sites for hydroxylation is 1. The van der Waals surface area contributed by atoms with Crippen LogP contribution < -0.4 is 15.5 Å². The first-order chi connectivity index (χ1) is 27.0. The maximum absolute atomic E-state index is 14.1. The number of carboxylic acid groups (broad SMARTS) is 1. The molecule has 4 aromatic rings. The van der Waals surface area contributed by atoms with Gasteiger partial charge >= 0.3 is 18.1 Å². The second kappa shape index (κ2) is 18.3. The lowest BCUT2D eigenvalue weighted by molar-refractivity contribution is -0.704. The third-order valence-corrected chi connectivity index (χ3v) is 10.6. The van der Waals surface area contributed by atoms with Gasteiger partial charge in [0.1, 0.15) is 24.2 Å². The van der Waals surface area contributed by atoms with Crippen LogP contribution in [0.3, 0.4) is 0 Å². The molecule has 0 aliphatic heterocycles. The summed E-state index contributed by atoms with van der Waals surface area (Å²) in [5.74, 6) is -0.333. The highest BCUT2D eigenvalue weighted by Gasteiger charge is 2.32. The van der Waals surface area contributed by atoms with E-state index in [-0.39, 0.29) is 49.3 Å². The van der Waals surface area contributed by atoms with Gasteiger partial charge < -0.3 is 24.7 Å². The van der Waals surface area contributed by atoms with Crippen LogP contribution in [0.5, 0.6) is 5.75 Å². The Balaban J connectivity index is 1.19. The molecule has 0 aromatic heterocycles. The molecule has 0 heterocycles. The van der Waals surface area contributed by atoms with Crippen LogP contribution in [-0.2, 0) is 20.7 Å². The van der Waals surface area contributed by atoms with Crippen molar-refractivity contribution in [1.29, 1.82) is 0 Å². The van der Waals surface area contributed by atoms with Gasteiger partial charge in [-0.1, -0.05) is 89.3 Å². The highest BCUT2D eigenvalue weighted by atomic mass is 16.6. The van der Waals surface area contributed by atoms with Gasteiger partial charge in [-0.3, -0.25) is 4.79 Å². The molecule has 11 heteroatoms. The predicted molar refractivity (Wildman–Crippen MR) is 216 cm³/mol. The Labute approximate surface area is 328 Å². The zero-order valence-corrected chi connectivity index (χ0v) is 32.5. The van der Waals surface area contributed by atoms with Crippen molar-refractivity contribution in [2.45, 2.75) is 83.7 Å². The van der Waals surface area contributed by atoms with Gasteiger partial charge in [-0.2, -0.15) is 0 Å². The molecule has 1 fully saturated rings. The first kappa shape index (κ1) is 40.0. The predicted octanol–water partition coefficient (Wildman–Crippen LogP) is 8.28. The lowest BCUT2D eigenvalue weighted by Gasteiger charge is -2.27. The Morgan fingerprint density at radius 2 is 1.50 bits per heavy atom. The van der Waals surface area contributed by atoms with E-state index in [1.807, 2.05) is 69.3 Å². The summed E-state index contributed by atoms with van der Waals surface area (Å²) < 4.78 is 12.1. The number of rotatable bonds is 15. The van der Waals surface area contributed by atoms with Crippen molar-refractivity contribution in [3.05, 3.63) is 102 Å². The fourth-order valence-corrected chi connectivity index (χ4v) is 7.83. The molecule has 0 radical (unpaired) electrons. The molecule has 2 aliphatic carbocycles. The summed E-state index contributed by atoms with van der Waals surface area (Å²) in [5, 5.41) is 16.0. The minimum Gasteiger partial charge on any atom is -0.488 e. The molecule has 0 saturated heterocycles. The van der Waals surface area contributed by atoms with E-state index in [1.54, 1.807) is 6.21 Å². The van der Waals surface area contributed by atoms with Crippen molar-refractivity contribution in [3.63, 3.8) is 0 Å². The second-order valence-corrected chi connectivity index (χ2v) is 15.7. The third-order valence-electron chi connectivity index (χ3n) is 10.6. The van der Waals surface area contributed by atoms with Gasteiger partial charge in [0, 0.05) is 35.5 Å². The van der Waals surface area contributed by atoms with E-state index < -0.39 is 18.1 Å². The molecule has 1 saturated carbocycles. The Kier molecular flexibility index (Phi) is 13.0. The van der Waals surface area contributed by atoms with E-state index in [9.17, 15) is 24.3 Å². The molecular formula is C45H53N4O7+. The number of fused-ring (bicyclic) bond motifs is 4. The summed E-state index contributed by atoms with van der Waals surface area (Å²) in [6.45, 7) is 6.75. The van der Waals surface area contributed by atoms with Crippen molar-refractivity contribution in [1.82, 2.24) is 15.8 Å². The molecule has 294 valence electrons. The summed E-state index contributed by atoms with van der Waals surface area (Å²) in [4.78, 5) is 51.8. The van der Waals surface area contributed by atoms with Crippen LogP contribution in [0.4, 0.5) is 9.59 Å². The lowest BCUT2D eigenvalue weighted by Crippen LogP contribution is -2.54. The molecule has 56 heavy (non-hydrogen) atoms. The smallest absolute Gasteiger partial charge is 0.463 e. The number of hydrogen-bond donors (Lipinski definition) is 3. The number of carbonyl (C=O) groups is 4. The fraction of sp³-hybridized carbons (Fsp3) is 0.400. The number of hydrazone groups is 2. The molecule has 0 unspecified atom stereocenters. The third kappa shape index (κ3) is 9.93. The summed E-state index contributed by atoms with van der Waals surface area (Å²) in [7, 11) is 0. The standard InChI is InChI=1S/C45H52N4O7/c1-45(2,3)56-41-25-24-32(34-14-4-9-19-39(34)41)13-12-26-48(43(53)46-29-31-20-22-33(23-21-31)42(51)52)49(27-10-11-28-50)47-44(54)55-30-40-37-17-7-5-15-35(37)36-16-6-8-18-38(36)40/h4-9,14-19,24-25,27-28,31,33,40H,10-13,20-23,26,29-30H2,1-3H3,(H2-,46,47,51,52,53,54)/p+1. The SMILES string of the molecule is CC(C)(C)Oc1ccc(CCCN(C(=O)NCC2CCC(C(=O)O)CC2)[N+](=CCCC=O)NC(=O)OCC2c3ccccc3-c3ccccc32)c2ccccc12. The van der Waals surface area contributed by atoms with Gasteiger partial charge in [0.25, 0.3) is 0 Å². The average Bonchev–Trinajstić information content (AvgIpc) is 3.51. The lowest BCUT2D eigenvalue weighted by atomic mass is 9.82. The molecule has 2 aliphatic rings. The van der Waals surface area contributed by atoms with Gasteiger partial charge in [0.15, 0.2) is 0 Å². The number of carboxylic acids is 1. The first-order valence-corrected chi connectivity index (χ1v) is 19.7. The quantitative estimate of drug-likeness (QED) is 0.0365. The van der Waals surface area contributed by atoms with Crippen molar-refractivity contribution in [2.75, 3.05) is 19.7 Å². The van der Waals surface area contributed by atoms with Gasteiger partial charge in [-0.15, -0.1) is 0 Å². The average molecular weight is 762 g/mol. The van der Waals surface area contributed by atoms with Crippen LogP contribution in [0.1, 0.15) is 88.3 Å².